The first-order valence-corrected chi connectivity index (χ1v) is 12.1. The van der Waals surface area contributed by atoms with Crippen LogP contribution in [0.25, 0.3) is 22.6 Å². The molecule has 4 heterocycles. The van der Waals surface area contributed by atoms with Gasteiger partial charge in [0.15, 0.2) is 5.82 Å². The van der Waals surface area contributed by atoms with Crippen molar-refractivity contribution < 1.29 is 35.8 Å². The number of nitrogens with zero attached hydrogens (tertiary/aromatic N) is 3. The van der Waals surface area contributed by atoms with Gasteiger partial charge < -0.3 is 19.4 Å². The van der Waals surface area contributed by atoms with Crippen LogP contribution in [-0.2, 0) is 19.0 Å². The van der Waals surface area contributed by atoms with Crippen molar-refractivity contribution in [3.8, 4) is 23.0 Å². The molecule has 2 aliphatic rings. The summed E-state index contributed by atoms with van der Waals surface area (Å²) in [5.41, 5.74) is 1.05. The number of hydrogen-bond acceptors (Lipinski definition) is 5. The number of aromatic nitrogens is 5. The first kappa shape index (κ1) is 24.5. The molecule has 1 fully saturated rings. The molecule has 0 amide bonds. The number of rotatable bonds is 5. The van der Waals surface area contributed by atoms with Crippen LogP contribution in [-0.4, -0.2) is 31.0 Å². The Labute approximate surface area is 221 Å². The molecule has 7 rings (SSSR count). The van der Waals surface area contributed by atoms with Crippen LogP contribution in [0.3, 0.4) is 0 Å². The zero-order valence-corrected chi connectivity index (χ0v) is 20.1. The van der Waals surface area contributed by atoms with Crippen molar-refractivity contribution in [1.29, 1.82) is 0 Å². The molecule has 2 aromatic carbocycles. The number of halogens is 6. The number of H-pyrrole nitrogens is 2. The first-order valence-electron chi connectivity index (χ1n) is 12.1. The molecule has 5 aromatic rings. The minimum atomic E-state index is -4.54. The Kier molecular flexibility index (Phi) is 5.19. The molecule has 0 radical (unpaired) electrons. The second kappa shape index (κ2) is 8.47. The molecule has 1 aliphatic heterocycles. The number of ether oxygens (including phenoxy) is 2. The number of aromatic amines is 2. The van der Waals surface area contributed by atoms with E-state index in [2.05, 4.69) is 24.9 Å². The summed E-state index contributed by atoms with van der Waals surface area (Å²) in [6.45, 7) is 0.176. The second-order valence-corrected chi connectivity index (χ2v) is 9.67. The minimum absolute atomic E-state index is 0.00640. The largest absolute Gasteiger partial charge is 0.489 e. The van der Waals surface area contributed by atoms with Gasteiger partial charge in [-0.3, -0.25) is 4.98 Å². The molecule has 40 heavy (non-hydrogen) atoms. The second-order valence-electron chi connectivity index (χ2n) is 9.67. The van der Waals surface area contributed by atoms with Gasteiger partial charge in [0.1, 0.15) is 41.4 Å². The average Bonchev–Trinajstić information content (AvgIpc) is 3.31. The predicted octanol–water partition coefficient (Wildman–Crippen LogP) is 6.61. The van der Waals surface area contributed by atoms with Gasteiger partial charge in [-0.05, 0) is 42.0 Å². The van der Waals surface area contributed by atoms with Gasteiger partial charge in [-0.15, -0.1) is 0 Å². The highest BCUT2D eigenvalue weighted by atomic mass is 19.4. The van der Waals surface area contributed by atoms with Crippen LogP contribution >= 0.6 is 0 Å². The van der Waals surface area contributed by atoms with Crippen LogP contribution in [0.15, 0.2) is 60.9 Å². The predicted molar refractivity (Wildman–Crippen MR) is 129 cm³/mol. The number of imidazole rings is 2. The molecule has 1 saturated carbocycles. The minimum Gasteiger partial charge on any atom is -0.489 e. The Bertz CT molecular complexity index is 1760. The van der Waals surface area contributed by atoms with E-state index in [1.165, 1.54) is 18.3 Å². The Morgan fingerprint density at radius 3 is 2.50 bits per heavy atom. The lowest BCUT2D eigenvalue weighted by molar-refractivity contribution is -0.141. The maximum atomic E-state index is 13.1. The summed E-state index contributed by atoms with van der Waals surface area (Å²) in [4.78, 5) is 17.6. The average molecular weight is 557 g/mol. The summed E-state index contributed by atoms with van der Waals surface area (Å²) in [6.07, 6.45) is -7.02. The summed E-state index contributed by atoms with van der Waals surface area (Å²) in [5, 5.41) is 0. The smallest absolute Gasteiger partial charge is 0.432 e. The van der Waals surface area contributed by atoms with E-state index < -0.39 is 23.6 Å². The number of nitrogens with one attached hydrogen (secondary N) is 2. The highest BCUT2D eigenvalue weighted by Crippen LogP contribution is 2.62. The maximum Gasteiger partial charge on any atom is 0.432 e. The normalized spacial score (nSPS) is 19.8. The number of pyridine rings is 1. The van der Waals surface area contributed by atoms with Crippen molar-refractivity contribution in [2.45, 2.75) is 36.9 Å². The molecule has 2 N–H and O–H groups in total. The van der Waals surface area contributed by atoms with Gasteiger partial charge in [0, 0.05) is 23.7 Å². The van der Waals surface area contributed by atoms with Crippen LogP contribution < -0.4 is 9.47 Å². The van der Waals surface area contributed by atoms with Gasteiger partial charge in [0.25, 0.3) is 0 Å². The van der Waals surface area contributed by atoms with E-state index in [0.29, 0.717) is 28.8 Å². The quantitative estimate of drug-likeness (QED) is 0.238. The standard InChI is InChI=1S/C27H17F6N5O2/c28-26(29,30)13-2-3-16-17(8-13)37-25(36-16)22-21-15-7-12(1-4-19(15)40-23(21)22)11-39-14-5-6-34-18(9-14)24-35-10-20(38-24)27(31,32)33/h1-10,21-23H,11H2,(H,35,38)(H,36,37). The van der Waals surface area contributed by atoms with Gasteiger partial charge in [-0.1, -0.05) is 6.07 Å². The molecular formula is C27H17F6N5O2. The van der Waals surface area contributed by atoms with E-state index >= 15 is 0 Å². The molecule has 204 valence electrons. The Morgan fingerprint density at radius 2 is 1.73 bits per heavy atom. The van der Waals surface area contributed by atoms with E-state index in [1.807, 2.05) is 18.2 Å². The van der Waals surface area contributed by atoms with E-state index in [4.69, 9.17) is 9.47 Å². The summed E-state index contributed by atoms with van der Waals surface area (Å²) in [5.74, 6) is 1.57. The topological polar surface area (TPSA) is 88.7 Å². The third-order valence-corrected chi connectivity index (χ3v) is 7.05. The lowest BCUT2D eigenvalue weighted by Crippen LogP contribution is -2.04. The molecule has 3 atom stereocenters. The summed E-state index contributed by atoms with van der Waals surface area (Å²) in [7, 11) is 0. The van der Waals surface area contributed by atoms with Crippen LogP contribution in [0.5, 0.6) is 11.5 Å². The number of fused-ring (bicyclic) bond motifs is 4. The zero-order chi connectivity index (χ0) is 27.8. The van der Waals surface area contributed by atoms with Crippen molar-refractivity contribution >= 4 is 11.0 Å². The Morgan fingerprint density at radius 1 is 0.875 bits per heavy atom. The number of alkyl halides is 6. The third kappa shape index (κ3) is 4.21. The molecule has 13 heteroatoms. The Balaban J connectivity index is 1.06. The maximum absolute atomic E-state index is 13.1. The van der Waals surface area contributed by atoms with Crippen LogP contribution in [0, 0.1) is 0 Å². The highest BCUT2D eigenvalue weighted by molar-refractivity contribution is 5.76. The number of hydrogen-bond donors (Lipinski definition) is 2. The van der Waals surface area contributed by atoms with Crippen molar-refractivity contribution in [3.63, 3.8) is 0 Å². The summed E-state index contributed by atoms with van der Waals surface area (Å²) < 4.78 is 89.8. The molecule has 0 spiro atoms. The Hall–Kier alpha value is -4.55. The molecule has 3 aromatic heterocycles. The molecule has 0 bridgehead atoms. The molecule has 3 unspecified atom stereocenters. The fraction of sp³-hybridized carbons (Fsp3) is 0.222. The summed E-state index contributed by atoms with van der Waals surface area (Å²) in [6, 6.07) is 12.1. The SMILES string of the molecule is FC(F)(F)c1ccc2nc(C3C4Oc5ccc(COc6ccnc(-c7ncc(C(F)(F)F)[nH]7)c6)cc5C43)[nH]c2c1. The van der Waals surface area contributed by atoms with Crippen LogP contribution in [0.2, 0.25) is 0 Å². The molecular weight excluding hydrogens is 540 g/mol. The van der Waals surface area contributed by atoms with E-state index in [-0.39, 0.29) is 36.1 Å². The lowest BCUT2D eigenvalue weighted by atomic mass is 10.0. The van der Waals surface area contributed by atoms with Crippen molar-refractivity contribution in [2.24, 2.45) is 0 Å². The van der Waals surface area contributed by atoms with Gasteiger partial charge in [0.05, 0.1) is 28.7 Å². The van der Waals surface area contributed by atoms with Gasteiger partial charge in [-0.2, -0.15) is 26.3 Å². The van der Waals surface area contributed by atoms with Crippen LogP contribution in [0.4, 0.5) is 26.3 Å². The van der Waals surface area contributed by atoms with E-state index in [1.54, 1.807) is 6.07 Å². The van der Waals surface area contributed by atoms with E-state index in [0.717, 1.165) is 29.0 Å². The van der Waals surface area contributed by atoms with Crippen LogP contribution in [0.1, 0.15) is 40.0 Å². The fourth-order valence-electron chi connectivity index (χ4n) is 5.08. The lowest BCUT2D eigenvalue weighted by Gasteiger charge is -2.11. The number of benzene rings is 2. The third-order valence-electron chi connectivity index (χ3n) is 7.05. The molecule has 7 nitrogen and oxygen atoms in total. The van der Waals surface area contributed by atoms with E-state index in [9.17, 15) is 26.3 Å². The van der Waals surface area contributed by atoms with Gasteiger partial charge in [-0.25, -0.2) is 9.97 Å². The van der Waals surface area contributed by atoms with Crippen molar-refractivity contribution in [1.82, 2.24) is 24.9 Å². The zero-order valence-electron chi connectivity index (χ0n) is 20.1. The summed E-state index contributed by atoms with van der Waals surface area (Å²) >= 11 is 0. The molecule has 1 aliphatic carbocycles. The van der Waals surface area contributed by atoms with Gasteiger partial charge in [0.2, 0.25) is 0 Å². The molecule has 0 saturated heterocycles. The van der Waals surface area contributed by atoms with Crippen molar-refractivity contribution in [2.75, 3.05) is 0 Å². The first-order chi connectivity index (χ1) is 19.0. The fourth-order valence-corrected chi connectivity index (χ4v) is 5.08. The van der Waals surface area contributed by atoms with Crippen molar-refractivity contribution in [3.05, 3.63) is 89.1 Å². The monoisotopic (exact) mass is 557 g/mol. The highest BCUT2D eigenvalue weighted by Gasteiger charge is 2.61. The van der Waals surface area contributed by atoms with Gasteiger partial charge >= 0.3 is 12.4 Å².